The molecule has 4 aromatic rings. The van der Waals surface area contributed by atoms with Gasteiger partial charge in [0.25, 0.3) is 5.56 Å². The summed E-state index contributed by atoms with van der Waals surface area (Å²) in [5.41, 5.74) is 3.44. The maximum atomic E-state index is 12.5. The molecule has 0 amide bonds. The van der Waals surface area contributed by atoms with Crippen LogP contribution >= 0.6 is 11.6 Å². The summed E-state index contributed by atoms with van der Waals surface area (Å²) in [6.07, 6.45) is 0.660. The number of aliphatic hydroxyl groups excluding tert-OH is 1. The average Bonchev–Trinajstić information content (AvgIpc) is 3.13. The largest absolute Gasteiger partial charge is 0.387 e. The molecule has 0 saturated heterocycles. The first-order valence-electron chi connectivity index (χ1n) is 9.41. The lowest BCUT2D eigenvalue weighted by molar-refractivity contribution is 0.158. The molecular formula is C21H19ClN6O3. The third-order valence-corrected chi connectivity index (χ3v) is 5.05. The summed E-state index contributed by atoms with van der Waals surface area (Å²) in [6, 6.07) is 16.1. The number of benzene rings is 2. The van der Waals surface area contributed by atoms with Gasteiger partial charge in [-0.05, 0) is 23.3 Å². The van der Waals surface area contributed by atoms with Crippen LogP contribution in [0.5, 0.6) is 0 Å². The van der Waals surface area contributed by atoms with Crippen molar-refractivity contribution >= 4 is 34.9 Å². The first kappa shape index (κ1) is 20.6. The monoisotopic (exact) mass is 438 g/mol. The summed E-state index contributed by atoms with van der Waals surface area (Å²) in [5, 5.41) is 15.5. The number of halogens is 1. The highest BCUT2D eigenvalue weighted by molar-refractivity contribution is 6.30. The van der Waals surface area contributed by atoms with E-state index in [4.69, 9.17) is 11.6 Å². The maximum Gasteiger partial charge on any atom is 0.329 e. The molecule has 0 aliphatic rings. The number of anilines is 1. The van der Waals surface area contributed by atoms with Crippen molar-refractivity contribution in [2.24, 2.45) is 12.1 Å². The molecule has 9 nitrogen and oxygen atoms in total. The Bertz CT molecular complexity index is 1360. The van der Waals surface area contributed by atoms with Crippen LogP contribution in [0.3, 0.4) is 0 Å². The molecule has 0 radical (unpaired) electrons. The van der Waals surface area contributed by atoms with E-state index in [9.17, 15) is 14.7 Å². The van der Waals surface area contributed by atoms with E-state index in [0.717, 1.165) is 5.56 Å². The van der Waals surface area contributed by atoms with E-state index in [1.165, 1.54) is 16.2 Å². The van der Waals surface area contributed by atoms with Gasteiger partial charge in [0.1, 0.15) is 0 Å². The van der Waals surface area contributed by atoms with Gasteiger partial charge < -0.3 is 5.11 Å². The molecule has 2 aromatic heterocycles. The van der Waals surface area contributed by atoms with Crippen molar-refractivity contribution in [2.75, 3.05) is 5.43 Å². The summed E-state index contributed by atoms with van der Waals surface area (Å²) in [7, 11) is 1.51. The van der Waals surface area contributed by atoms with Gasteiger partial charge in [-0.25, -0.2) is 10.2 Å². The van der Waals surface area contributed by atoms with Crippen molar-refractivity contribution in [1.29, 1.82) is 0 Å². The molecular weight excluding hydrogens is 420 g/mol. The number of aliphatic hydroxyl groups is 1. The first-order valence-corrected chi connectivity index (χ1v) is 9.79. The zero-order valence-corrected chi connectivity index (χ0v) is 17.2. The Morgan fingerprint density at radius 1 is 1.19 bits per heavy atom. The van der Waals surface area contributed by atoms with Crippen LogP contribution in [0.1, 0.15) is 17.2 Å². The fourth-order valence-corrected chi connectivity index (χ4v) is 3.29. The highest BCUT2D eigenvalue weighted by Gasteiger charge is 2.20. The maximum absolute atomic E-state index is 12.5. The van der Waals surface area contributed by atoms with Gasteiger partial charge in [0.2, 0.25) is 5.95 Å². The van der Waals surface area contributed by atoms with Crippen LogP contribution < -0.4 is 16.7 Å². The molecule has 31 heavy (non-hydrogen) atoms. The second-order valence-electron chi connectivity index (χ2n) is 6.88. The third-order valence-electron chi connectivity index (χ3n) is 4.80. The van der Waals surface area contributed by atoms with Gasteiger partial charge in [-0.1, -0.05) is 54.1 Å². The first-order chi connectivity index (χ1) is 14.9. The van der Waals surface area contributed by atoms with Crippen molar-refractivity contribution in [3.8, 4) is 0 Å². The quantitative estimate of drug-likeness (QED) is 0.315. The minimum atomic E-state index is -0.906. The summed E-state index contributed by atoms with van der Waals surface area (Å²) in [6.45, 7) is 0.0284. The number of imidazole rings is 1. The Morgan fingerprint density at radius 3 is 2.61 bits per heavy atom. The number of fused-ring (bicyclic) bond motifs is 1. The number of nitrogens with one attached hydrogen (secondary N) is 2. The van der Waals surface area contributed by atoms with Crippen molar-refractivity contribution in [3.05, 3.63) is 91.6 Å². The topological polar surface area (TPSA) is 117 Å². The number of hydrogen-bond acceptors (Lipinski definition) is 6. The van der Waals surface area contributed by atoms with E-state index in [2.05, 4.69) is 20.5 Å². The minimum absolute atomic E-state index is 0.0284. The Hall–Kier alpha value is -3.69. The predicted octanol–water partition coefficient (Wildman–Crippen LogP) is 2.26. The Balaban J connectivity index is 1.74. The molecule has 0 bridgehead atoms. The second kappa shape index (κ2) is 8.58. The van der Waals surface area contributed by atoms with Gasteiger partial charge >= 0.3 is 5.69 Å². The molecule has 10 heteroatoms. The van der Waals surface area contributed by atoms with Gasteiger partial charge in [-0.3, -0.25) is 18.9 Å². The number of aromatic amines is 1. The van der Waals surface area contributed by atoms with Crippen LogP contribution in [0.15, 0.2) is 69.3 Å². The summed E-state index contributed by atoms with van der Waals surface area (Å²) in [5.74, 6) is 0.210. The van der Waals surface area contributed by atoms with E-state index in [1.807, 2.05) is 18.2 Å². The summed E-state index contributed by atoms with van der Waals surface area (Å²) < 4.78 is 2.74. The van der Waals surface area contributed by atoms with E-state index in [1.54, 1.807) is 42.6 Å². The third kappa shape index (κ3) is 4.27. The number of rotatable bonds is 6. The molecule has 0 saturated carbocycles. The average molecular weight is 439 g/mol. The van der Waals surface area contributed by atoms with Crippen molar-refractivity contribution in [2.45, 2.75) is 12.6 Å². The normalized spacial score (nSPS) is 12.5. The zero-order chi connectivity index (χ0) is 22.0. The number of aromatic nitrogens is 4. The van der Waals surface area contributed by atoms with Crippen molar-refractivity contribution in [1.82, 2.24) is 19.1 Å². The van der Waals surface area contributed by atoms with Gasteiger partial charge in [0, 0.05) is 12.1 Å². The number of hydrazone groups is 1. The second-order valence-corrected chi connectivity index (χ2v) is 7.32. The SMILES string of the molecule is Cn1c(=O)[nH]c(=O)c2c1nc(N/N=C\c1ccc(Cl)cc1)n2C[C@@H](O)c1ccccc1. The van der Waals surface area contributed by atoms with Crippen LogP contribution in [0.25, 0.3) is 11.2 Å². The molecule has 158 valence electrons. The van der Waals surface area contributed by atoms with E-state index in [0.29, 0.717) is 10.6 Å². The van der Waals surface area contributed by atoms with Crippen LogP contribution in [-0.2, 0) is 13.6 Å². The molecule has 0 aliphatic heterocycles. The predicted molar refractivity (Wildman–Crippen MR) is 120 cm³/mol. The Morgan fingerprint density at radius 2 is 1.90 bits per heavy atom. The molecule has 0 aliphatic carbocycles. The highest BCUT2D eigenvalue weighted by Crippen LogP contribution is 2.21. The lowest BCUT2D eigenvalue weighted by atomic mass is 10.1. The van der Waals surface area contributed by atoms with Crippen molar-refractivity contribution in [3.63, 3.8) is 0 Å². The number of hydrogen-bond donors (Lipinski definition) is 3. The lowest BCUT2D eigenvalue weighted by Gasteiger charge is -2.14. The van der Waals surface area contributed by atoms with Gasteiger partial charge in [-0.2, -0.15) is 10.1 Å². The van der Waals surface area contributed by atoms with E-state index in [-0.39, 0.29) is 23.7 Å². The Labute approximate surface area is 181 Å². The smallest absolute Gasteiger partial charge is 0.329 e. The number of H-pyrrole nitrogens is 1. The molecule has 1 atom stereocenters. The zero-order valence-electron chi connectivity index (χ0n) is 16.5. The van der Waals surface area contributed by atoms with Gasteiger partial charge in [0.15, 0.2) is 11.2 Å². The fraction of sp³-hybridized carbons (Fsp3) is 0.143. The molecule has 3 N–H and O–H groups in total. The standard InChI is InChI=1S/C21H19ClN6O3/c1-27-18-17(19(30)25-21(27)31)28(12-16(29)14-5-3-2-4-6-14)20(24-18)26-23-11-13-7-9-15(22)10-8-13/h2-11,16,29H,12H2,1H3,(H,24,26)(H,25,30,31)/b23-11-/t16-/m1/s1. The highest BCUT2D eigenvalue weighted by atomic mass is 35.5. The van der Waals surface area contributed by atoms with Gasteiger partial charge in [0.05, 0.1) is 18.9 Å². The van der Waals surface area contributed by atoms with Crippen LogP contribution in [0.4, 0.5) is 5.95 Å². The lowest BCUT2D eigenvalue weighted by Crippen LogP contribution is -2.29. The van der Waals surface area contributed by atoms with Crippen LogP contribution in [0, 0.1) is 0 Å². The number of nitrogens with zero attached hydrogens (tertiary/aromatic N) is 4. The van der Waals surface area contributed by atoms with Gasteiger partial charge in [-0.15, -0.1) is 0 Å². The molecule has 2 aromatic carbocycles. The van der Waals surface area contributed by atoms with Crippen molar-refractivity contribution < 1.29 is 5.11 Å². The minimum Gasteiger partial charge on any atom is -0.387 e. The van der Waals surface area contributed by atoms with E-state index >= 15 is 0 Å². The summed E-state index contributed by atoms with van der Waals surface area (Å²) in [4.78, 5) is 31.2. The fourth-order valence-electron chi connectivity index (χ4n) is 3.16. The molecule has 0 spiro atoms. The summed E-state index contributed by atoms with van der Waals surface area (Å²) >= 11 is 5.89. The molecule has 0 fully saturated rings. The van der Waals surface area contributed by atoms with Crippen LogP contribution in [-0.4, -0.2) is 30.4 Å². The molecule has 4 rings (SSSR count). The Kier molecular flexibility index (Phi) is 5.70. The molecule has 0 unspecified atom stereocenters. The van der Waals surface area contributed by atoms with E-state index < -0.39 is 17.4 Å². The van der Waals surface area contributed by atoms with Crippen LogP contribution in [0.2, 0.25) is 5.02 Å². The molecule has 2 heterocycles. The number of aryl methyl sites for hydroxylation is 1.